The topological polar surface area (TPSA) is 73.1 Å². The molecule has 0 fully saturated rings. The van der Waals surface area contributed by atoms with E-state index in [1.54, 1.807) is 12.1 Å². The minimum Gasteiger partial charge on any atom is -0.384 e. The van der Waals surface area contributed by atoms with E-state index in [1.165, 1.54) is 17.3 Å². The summed E-state index contributed by atoms with van der Waals surface area (Å²) in [7, 11) is 0. The van der Waals surface area contributed by atoms with Crippen molar-refractivity contribution in [2.24, 2.45) is 0 Å². The van der Waals surface area contributed by atoms with Gasteiger partial charge in [-0.25, -0.2) is 4.98 Å². The summed E-state index contributed by atoms with van der Waals surface area (Å²) in [6, 6.07) is 27.6. The van der Waals surface area contributed by atoms with Gasteiger partial charge < -0.3 is 5.73 Å². The summed E-state index contributed by atoms with van der Waals surface area (Å²) < 4.78 is 0. The highest BCUT2D eigenvalue weighted by Gasteiger charge is 2.10. The Balaban J connectivity index is 0.000000211. The quantitative estimate of drug-likeness (QED) is 0.248. The third-order valence-corrected chi connectivity index (χ3v) is 6.41. The van der Waals surface area contributed by atoms with E-state index >= 15 is 0 Å². The maximum absolute atomic E-state index is 12.2. The number of hydrogen-bond acceptors (Lipinski definition) is 4. The summed E-state index contributed by atoms with van der Waals surface area (Å²) in [5.41, 5.74) is 12.7. The molecule has 0 atom stereocenters. The Bertz CT molecular complexity index is 1370. The van der Waals surface area contributed by atoms with Crippen molar-refractivity contribution in [3.8, 4) is 0 Å². The second kappa shape index (κ2) is 13.5. The van der Waals surface area contributed by atoms with Gasteiger partial charge in [-0.15, -0.1) is 0 Å². The van der Waals surface area contributed by atoms with Crippen molar-refractivity contribution in [2.75, 3.05) is 5.73 Å². The summed E-state index contributed by atoms with van der Waals surface area (Å²) in [6.07, 6.45) is 2.40. The molecule has 2 N–H and O–H groups in total. The van der Waals surface area contributed by atoms with Crippen LogP contribution in [0.5, 0.6) is 0 Å². The molecule has 38 heavy (non-hydrogen) atoms. The van der Waals surface area contributed by atoms with Crippen molar-refractivity contribution in [1.82, 2.24) is 4.98 Å². The first-order valence-corrected chi connectivity index (χ1v) is 13.1. The summed E-state index contributed by atoms with van der Waals surface area (Å²) in [4.78, 5) is 28.3. The maximum atomic E-state index is 12.2. The van der Waals surface area contributed by atoms with Crippen LogP contribution in [0.3, 0.4) is 0 Å². The van der Waals surface area contributed by atoms with Crippen molar-refractivity contribution in [1.29, 1.82) is 0 Å². The molecule has 1 aromatic heterocycles. The van der Waals surface area contributed by atoms with Gasteiger partial charge in [-0.3, -0.25) is 9.59 Å². The molecular formula is C34H38N2O2. The highest BCUT2D eigenvalue weighted by atomic mass is 16.1. The average Bonchev–Trinajstić information content (AvgIpc) is 2.89. The molecule has 0 aliphatic heterocycles. The third kappa shape index (κ3) is 8.52. The van der Waals surface area contributed by atoms with Crippen LogP contribution in [-0.4, -0.2) is 16.6 Å². The van der Waals surface area contributed by atoms with Crippen LogP contribution in [0.25, 0.3) is 0 Å². The lowest BCUT2D eigenvalue weighted by atomic mass is 9.97. The standard InChI is InChI=1S/C18H20O.C16H18N2O/c1-13(2)16-8-5-7-15(11-16)12-18(19)17-9-4-6-14(3)10-17;1-11(2)13-5-3-4-12(8-13)9-15(19)14-6-7-16(17)18-10-14/h4-11,13H,12H2,1-3H3;3-8,10-11H,9H2,1-2H3,(H2,17,18). The van der Waals surface area contributed by atoms with Crippen LogP contribution < -0.4 is 5.73 Å². The molecule has 4 aromatic rings. The zero-order valence-corrected chi connectivity index (χ0v) is 23.1. The van der Waals surface area contributed by atoms with Crippen molar-refractivity contribution in [2.45, 2.75) is 59.3 Å². The maximum Gasteiger partial charge on any atom is 0.168 e. The number of anilines is 1. The van der Waals surface area contributed by atoms with Gasteiger partial charge in [0.25, 0.3) is 0 Å². The number of rotatable bonds is 8. The molecule has 0 amide bonds. The van der Waals surface area contributed by atoms with Crippen molar-refractivity contribution in [3.63, 3.8) is 0 Å². The molecule has 3 aromatic carbocycles. The first-order chi connectivity index (χ1) is 18.1. The molecule has 1 heterocycles. The molecule has 0 spiro atoms. The van der Waals surface area contributed by atoms with Crippen LogP contribution >= 0.6 is 0 Å². The zero-order chi connectivity index (χ0) is 27.7. The molecule has 0 aliphatic carbocycles. The van der Waals surface area contributed by atoms with Crippen LogP contribution in [-0.2, 0) is 12.8 Å². The van der Waals surface area contributed by atoms with E-state index < -0.39 is 0 Å². The highest BCUT2D eigenvalue weighted by molar-refractivity contribution is 5.98. The number of aromatic nitrogens is 1. The number of nitrogens with two attached hydrogens (primary N) is 1. The molecule has 0 saturated carbocycles. The minimum atomic E-state index is 0.0633. The monoisotopic (exact) mass is 506 g/mol. The number of aryl methyl sites for hydroxylation is 1. The van der Waals surface area contributed by atoms with Gasteiger partial charge in [0, 0.05) is 30.2 Å². The number of pyridine rings is 1. The van der Waals surface area contributed by atoms with E-state index in [0.29, 0.717) is 36.1 Å². The lowest BCUT2D eigenvalue weighted by Gasteiger charge is -2.08. The van der Waals surface area contributed by atoms with Gasteiger partial charge >= 0.3 is 0 Å². The molecule has 4 heteroatoms. The van der Waals surface area contributed by atoms with Gasteiger partial charge in [-0.05, 0) is 59.2 Å². The number of hydrogen-bond donors (Lipinski definition) is 1. The number of ketones is 2. The Morgan fingerprint density at radius 1 is 0.684 bits per heavy atom. The molecule has 196 valence electrons. The van der Waals surface area contributed by atoms with E-state index in [4.69, 9.17) is 5.73 Å². The number of carbonyl (C=O) groups is 2. The molecule has 0 unspecified atom stereocenters. The Labute approximate surface area is 227 Å². The van der Waals surface area contributed by atoms with E-state index in [2.05, 4.69) is 56.9 Å². The average molecular weight is 507 g/mol. The molecule has 0 saturated heterocycles. The van der Waals surface area contributed by atoms with E-state index in [-0.39, 0.29) is 11.6 Å². The second-order valence-electron chi connectivity index (χ2n) is 10.3. The van der Waals surface area contributed by atoms with Gasteiger partial charge in [0.2, 0.25) is 0 Å². The highest BCUT2D eigenvalue weighted by Crippen LogP contribution is 2.18. The molecule has 0 radical (unpaired) electrons. The molecule has 4 nitrogen and oxygen atoms in total. The van der Waals surface area contributed by atoms with E-state index in [1.807, 2.05) is 55.5 Å². The van der Waals surface area contributed by atoms with Crippen LogP contribution in [0.4, 0.5) is 5.82 Å². The summed E-state index contributed by atoms with van der Waals surface area (Å²) in [5.74, 6) is 1.64. The molecular weight excluding hydrogens is 468 g/mol. The summed E-state index contributed by atoms with van der Waals surface area (Å²) in [6.45, 7) is 10.6. The van der Waals surface area contributed by atoms with Gasteiger partial charge in [0.15, 0.2) is 11.6 Å². The second-order valence-corrected chi connectivity index (χ2v) is 10.3. The predicted molar refractivity (Wildman–Crippen MR) is 157 cm³/mol. The fourth-order valence-electron chi connectivity index (χ4n) is 4.09. The fraction of sp³-hybridized carbons (Fsp3) is 0.265. The normalized spacial score (nSPS) is 10.7. The lowest BCUT2D eigenvalue weighted by Crippen LogP contribution is -2.05. The number of Topliss-reactive ketones (excluding diaryl/α,β-unsaturated/α-hetero) is 2. The van der Waals surface area contributed by atoms with Gasteiger partial charge in [-0.2, -0.15) is 0 Å². The SMILES string of the molecule is CC(C)c1cccc(CC(=O)c2ccc(N)nc2)c1.Cc1cccc(C(=O)Cc2cccc(C(C)C)c2)c1. The molecule has 4 rings (SSSR count). The Morgan fingerprint density at radius 2 is 1.21 bits per heavy atom. The smallest absolute Gasteiger partial charge is 0.168 e. The number of benzene rings is 3. The number of nitrogen functional groups attached to an aromatic ring is 1. The van der Waals surface area contributed by atoms with E-state index in [9.17, 15) is 9.59 Å². The van der Waals surface area contributed by atoms with Crippen LogP contribution in [0.1, 0.15) is 88.1 Å². The fourth-order valence-corrected chi connectivity index (χ4v) is 4.09. The van der Waals surface area contributed by atoms with Crippen LogP contribution in [0.2, 0.25) is 0 Å². The van der Waals surface area contributed by atoms with Crippen molar-refractivity contribution in [3.05, 3.63) is 130 Å². The third-order valence-electron chi connectivity index (χ3n) is 6.41. The van der Waals surface area contributed by atoms with Crippen LogP contribution in [0, 0.1) is 6.92 Å². The number of nitrogens with zero attached hydrogens (tertiary/aromatic N) is 1. The minimum absolute atomic E-state index is 0.0633. The largest absolute Gasteiger partial charge is 0.384 e. The van der Waals surface area contributed by atoms with Crippen LogP contribution in [0.15, 0.2) is 91.1 Å². The Kier molecular flexibility index (Phi) is 10.1. The first-order valence-electron chi connectivity index (χ1n) is 13.1. The van der Waals surface area contributed by atoms with Crippen molar-refractivity contribution >= 4 is 17.4 Å². The summed E-state index contributed by atoms with van der Waals surface area (Å²) in [5, 5.41) is 0. The predicted octanol–water partition coefficient (Wildman–Crippen LogP) is 7.76. The molecule has 0 aliphatic rings. The van der Waals surface area contributed by atoms with Gasteiger partial charge in [0.05, 0.1) is 0 Å². The molecule has 0 bridgehead atoms. The van der Waals surface area contributed by atoms with Gasteiger partial charge in [0.1, 0.15) is 5.82 Å². The first kappa shape index (κ1) is 28.5. The van der Waals surface area contributed by atoms with Gasteiger partial charge in [-0.1, -0.05) is 100.0 Å². The Hall–Kier alpha value is -4.05. The van der Waals surface area contributed by atoms with E-state index in [0.717, 1.165) is 22.3 Å². The summed E-state index contributed by atoms with van der Waals surface area (Å²) >= 11 is 0. The Morgan fingerprint density at radius 3 is 1.68 bits per heavy atom. The lowest BCUT2D eigenvalue weighted by molar-refractivity contribution is 0.0984. The zero-order valence-electron chi connectivity index (χ0n) is 23.1. The van der Waals surface area contributed by atoms with Crippen molar-refractivity contribution < 1.29 is 9.59 Å². The number of carbonyl (C=O) groups excluding carboxylic acids is 2.